The van der Waals surface area contributed by atoms with Gasteiger partial charge in [-0.1, -0.05) is 12.1 Å². The average molecular weight is 287 g/mol. The summed E-state index contributed by atoms with van der Waals surface area (Å²) in [6.07, 6.45) is 0.524. The minimum absolute atomic E-state index is 0.321. The summed E-state index contributed by atoms with van der Waals surface area (Å²) in [6.45, 7) is 0. The Hall–Kier alpha value is -2.56. The smallest absolute Gasteiger partial charge is 0.405 e. The molecule has 2 N–H and O–H groups in total. The Morgan fingerprint density at radius 1 is 1.14 bits per heavy atom. The van der Waals surface area contributed by atoms with Crippen LogP contribution in [-0.4, -0.2) is 11.2 Å². The fourth-order valence-corrected chi connectivity index (χ4v) is 2.31. The quantitative estimate of drug-likeness (QED) is 0.897. The van der Waals surface area contributed by atoms with E-state index in [2.05, 4.69) is 5.32 Å². The molecular weight excluding hydrogens is 273 g/mol. The van der Waals surface area contributed by atoms with Gasteiger partial charge in [0.25, 0.3) is 0 Å². The molecule has 2 aromatic carbocycles. The minimum atomic E-state index is -1.03. The largest absolute Gasteiger partial charge is 0.465 e. The van der Waals surface area contributed by atoms with Crippen molar-refractivity contribution in [2.24, 2.45) is 0 Å². The second-order valence-corrected chi connectivity index (χ2v) is 5.10. The molecule has 0 spiro atoms. The first-order valence-electron chi connectivity index (χ1n) is 6.62. The van der Waals surface area contributed by atoms with Gasteiger partial charge in [0.05, 0.1) is 5.54 Å². The molecule has 0 aliphatic heterocycles. The lowest BCUT2D eigenvalue weighted by atomic mass is 10.0. The van der Waals surface area contributed by atoms with E-state index in [-0.39, 0.29) is 5.82 Å². The number of halogens is 1. The van der Waals surface area contributed by atoms with Gasteiger partial charge < -0.3 is 15.2 Å². The lowest BCUT2D eigenvalue weighted by Gasteiger charge is -2.16. The Balaban J connectivity index is 1.80. The summed E-state index contributed by atoms with van der Waals surface area (Å²) in [5.74, 6) is 0.806. The molecule has 0 heterocycles. The molecule has 1 saturated carbocycles. The maximum absolute atomic E-state index is 12.9. The molecular formula is C16H14FNO3. The molecule has 1 aliphatic carbocycles. The van der Waals surface area contributed by atoms with Crippen LogP contribution in [0.4, 0.5) is 9.18 Å². The second-order valence-electron chi connectivity index (χ2n) is 5.10. The molecule has 1 aliphatic rings. The lowest BCUT2D eigenvalue weighted by Crippen LogP contribution is -2.33. The van der Waals surface area contributed by atoms with Gasteiger partial charge in [0.2, 0.25) is 0 Å². The highest BCUT2D eigenvalue weighted by atomic mass is 19.1. The minimum Gasteiger partial charge on any atom is -0.465 e. The maximum atomic E-state index is 12.9. The number of ether oxygens (including phenoxy) is 1. The maximum Gasteiger partial charge on any atom is 0.405 e. The van der Waals surface area contributed by atoms with Gasteiger partial charge >= 0.3 is 6.09 Å². The normalized spacial score (nSPS) is 15.3. The summed E-state index contributed by atoms with van der Waals surface area (Å²) in [5.41, 5.74) is 0.387. The topological polar surface area (TPSA) is 58.6 Å². The summed E-state index contributed by atoms with van der Waals surface area (Å²) in [4.78, 5) is 10.9. The van der Waals surface area contributed by atoms with Crippen molar-refractivity contribution in [2.45, 2.75) is 18.4 Å². The molecule has 108 valence electrons. The Labute approximate surface area is 121 Å². The molecule has 5 heteroatoms. The number of benzene rings is 2. The van der Waals surface area contributed by atoms with E-state index in [9.17, 15) is 9.18 Å². The van der Waals surface area contributed by atoms with Crippen LogP contribution in [0.2, 0.25) is 0 Å². The first-order valence-corrected chi connectivity index (χ1v) is 6.62. The van der Waals surface area contributed by atoms with Gasteiger partial charge in [-0.25, -0.2) is 9.18 Å². The molecule has 21 heavy (non-hydrogen) atoms. The molecule has 3 rings (SSSR count). The van der Waals surface area contributed by atoms with Gasteiger partial charge in [-0.05, 0) is 54.8 Å². The van der Waals surface area contributed by atoms with Gasteiger partial charge in [0.15, 0.2) is 0 Å². The van der Waals surface area contributed by atoms with Crippen LogP contribution >= 0.6 is 0 Å². The van der Waals surface area contributed by atoms with Crippen molar-refractivity contribution in [1.29, 1.82) is 0 Å². The van der Waals surface area contributed by atoms with Crippen molar-refractivity contribution in [1.82, 2.24) is 5.32 Å². The molecule has 0 atom stereocenters. The Morgan fingerprint density at radius 3 is 2.48 bits per heavy atom. The van der Waals surface area contributed by atoms with Crippen molar-refractivity contribution in [3.05, 3.63) is 59.9 Å². The van der Waals surface area contributed by atoms with E-state index in [1.807, 2.05) is 18.2 Å². The third-order valence-corrected chi connectivity index (χ3v) is 3.53. The number of hydrogen-bond acceptors (Lipinski definition) is 2. The first kappa shape index (κ1) is 13.4. The molecule has 1 amide bonds. The van der Waals surface area contributed by atoms with E-state index in [0.717, 1.165) is 18.4 Å². The summed E-state index contributed by atoms with van der Waals surface area (Å²) < 4.78 is 18.5. The molecule has 4 nitrogen and oxygen atoms in total. The van der Waals surface area contributed by atoms with Crippen molar-refractivity contribution >= 4 is 6.09 Å². The van der Waals surface area contributed by atoms with E-state index >= 15 is 0 Å². The highest BCUT2D eigenvalue weighted by Gasteiger charge is 2.46. The SMILES string of the molecule is O=C(O)NC1(c2cccc(Oc3ccc(F)cc3)c2)CC1. The number of carboxylic acid groups (broad SMARTS) is 1. The van der Waals surface area contributed by atoms with E-state index in [4.69, 9.17) is 9.84 Å². The summed E-state index contributed by atoms with van der Waals surface area (Å²) in [7, 11) is 0. The fourth-order valence-electron chi connectivity index (χ4n) is 2.31. The number of hydrogen-bond donors (Lipinski definition) is 2. The third-order valence-electron chi connectivity index (χ3n) is 3.53. The van der Waals surface area contributed by atoms with Crippen molar-refractivity contribution in [3.8, 4) is 11.5 Å². The van der Waals surface area contributed by atoms with Crippen LogP contribution in [0.25, 0.3) is 0 Å². The van der Waals surface area contributed by atoms with Gasteiger partial charge in [-0.2, -0.15) is 0 Å². The Bertz CT molecular complexity index is 665. The monoisotopic (exact) mass is 287 g/mol. The summed E-state index contributed by atoms with van der Waals surface area (Å²) in [6, 6.07) is 13.0. The van der Waals surface area contributed by atoms with E-state index in [1.54, 1.807) is 18.2 Å². The zero-order valence-corrected chi connectivity index (χ0v) is 11.2. The first-order chi connectivity index (χ1) is 10.1. The number of rotatable bonds is 4. The molecule has 0 saturated heterocycles. The zero-order valence-electron chi connectivity index (χ0n) is 11.2. The van der Waals surface area contributed by atoms with Crippen molar-refractivity contribution in [2.75, 3.05) is 0 Å². The predicted octanol–water partition coefficient (Wildman–Crippen LogP) is 3.87. The van der Waals surface area contributed by atoms with Crippen molar-refractivity contribution in [3.63, 3.8) is 0 Å². The molecule has 0 aromatic heterocycles. The molecule has 0 bridgehead atoms. The number of nitrogens with one attached hydrogen (secondary N) is 1. The van der Waals surface area contributed by atoms with Crippen LogP contribution in [0.3, 0.4) is 0 Å². The highest BCUT2D eigenvalue weighted by Crippen LogP contribution is 2.46. The zero-order chi connectivity index (χ0) is 14.9. The van der Waals surface area contributed by atoms with Crippen LogP contribution in [0.1, 0.15) is 18.4 Å². The third kappa shape index (κ3) is 2.97. The van der Waals surface area contributed by atoms with Gasteiger partial charge in [-0.3, -0.25) is 0 Å². The van der Waals surface area contributed by atoms with Crippen LogP contribution in [0.5, 0.6) is 11.5 Å². The van der Waals surface area contributed by atoms with Crippen LogP contribution in [-0.2, 0) is 5.54 Å². The Kier molecular flexibility index (Phi) is 3.25. The van der Waals surface area contributed by atoms with E-state index in [0.29, 0.717) is 11.5 Å². The van der Waals surface area contributed by atoms with E-state index in [1.165, 1.54) is 12.1 Å². The van der Waals surface area contributed by atoms with Gasteiger partial charge in [0, 0.05) is 0 Å². The molecule has 1 fully saturated rings. The van der Waals surface area contributed by atoms with Crippen LogP contribution in [0.15, 0.2) is 48.5 Å². The number of amides is 1. The van der Waals surface area contributed by atoms with Crippen LogP contribution in [0, 0.1) is 5.82 Å². The number of carbonyl (C=O) groups is 1. The highest BCUT2D eigenvalue weighted by molar-refractivity contribution is 5.67. The molecule has 0 radical (unpaired) electrons. The standard InChI is InChI=1S/C16H14FNO3/c17-12-4-6-13(7-5-12)21-14-3-1-2-11(10-14)16(8-9-16)18-15(19)20/h1-7,10,18H,8-9H2,(H,19,20). The second kappa shape index (κ2) is 5.09. The van der Waals surface area contributed by atoms with Crippen molar-refractivity contribution < 1.29 is 19.0 Å². The average Bonchev–Trinajstić information content (AvgIpc) is 3.22. The van der Waals surface area contributed by atoms with Crippen LogP contribution < -0.4 is 10.1 Å². The molecule has 0 unspecified atom stereocenters. The summed E-state index contributed by atoms with van der Waals surface area (Å²) in [5, 5.41) is 11.5. The molecule has 2 aromatic rings. The van der Waals surface area contributed by atoms with Gasteiger partial charge in [-0.15, -0.1) is 0 Å². The predicted molar refractivity (Wildman–Crippen MR) is 75.0 cm³/mol. The summed E-state index contributed by atoms with van der Waals surface area (Å²) >= 11 is 0. The Morgan fingerprint density at radius 2 is 1.86 bits per heavy atom. The van der Waals surface area contributed by atoms with E-state index < -0.39 is 11.6 Å². The van der Waals surface area contributed by atoms with Gasteiger partial charge in [0.1, 0.15) is 17.3 Å². The fraction of sp³-hybridized carbons (Fsp3) is 0.188. The lowest BCUT2D eigenvalue weighted by molar-refractivity contribution is 0.188.